The Morgan fingerprint density at radius 1 is 0.397 bits per heavy atom. The maximum Gasteiger partial charge on any atom is 0.227 e. The van der Waals surface area contributed by atoms with Crippen LogP contribution in [-0.4, -0.2) is 22.7 Å². The Labute approximate surface area is 336 Å². The Bertz CT molecular complexity index is 2480. The summed E-state index contributed by atoms with van der Waals surface area (Å²) < 4.78 is 296. The summed E-state index contributed by atoms with van der Waals surface area (Å²) in [6, 6.07) is 6.71. The van der Waals surface area contributed by atoms with Crippen LogP contribution in [-0.2, 0) is 6.54 Å². The van der Waals surface area contributed by atoms with Crippen LogP contribution in [0, 0.1) is 116 Å². The van der Waals surface area contributed by atoms with E-state index in [1.807, 2.05) is 0 Å². The van der Waals surface area contributed by atoms with Crippen LogP contribution >= 0.6 is 0 Å². The molecule has 4 nitrogen and oxygen atoms in total. The maximum absolute atomic E-state index is 15.4. The molecule has 0 aliphatic heterocycles. The van der Waals surface area contributed by atoms with Gasteiger partial charge in [0.2, 0.25) is 12.3 Å². The fourth-order valence-electron chi connectivity index (χ4n) is 6.48. The van der Waals surface area contributed by atoms with Crippen molar-refractivity contribution in [2.75, 3.05) is 0 Å². The fourth-order valence-corrected chi connectivity index (χ4v) is 6.48. The number of nitrogens with zero attached hydrogens (tertiary/aromatic N) is 2. The number of carbonyl (C=O) groups excluding carboxylic acids is 2. The second kappa shape index (κ2) is 17.5. The molecular formula is C38H13BF20N2O2. The van der Waals surface area contributed by atoms with Crippen molar-refractivity contribution in [3.05, 3.63) is 177 Å². The van der Waals surface area contributed by atoms with Crippen molar-refractivity contribution in [3.63, 3.8) is 0 Å². The number of carbonyl (C=O) groups is 2. The molecule has 0 bridgehead atoms. The lowest BCUT2D eigenvalue weighted by molar-refractivity contribution is -0.683. The molecule has 1 heterocycles. The SMILES string of the molecule is CC(=O)c1ccc(C(=O)C[n+]2ccncc2)cc1.Fc1c(F)c(F)c([B-](c2c(F)c(F)c(F)c(F)c2F)(c2c(F)c(F)c(F)c(F)c2F)c2c(F)c(F)c(F)c(F)c2F)c(F)c1F. The van der Waals surface area contributed by atoms with Gasteiger partial charge in [-0.1, -0.05) is 24.3 Å². The Balaban J connectivity index is 0.000000345. The van der Waals surface area contributed by atoms with Crippen LogP contribution in [0.15, 0.2) is 49.1 Å². The van der Waals surface area contributed by atoms with E-state index in [0.717, 1.165) is 0 Å². The predicted octanol–water partition coefficient (Wildman–Crippen LogP) is 7.30. The second-order valence-electron chi connectivity index (χ2n) is 12.8. The lowest BCUT2D eigenvalue weighted by Crippen LogP contribution is -2.81. The zero-order valence-electron chi connectivity index (χ0n) is 30.2. The number of hydrogen-bond donors (Lipinski definition) is 0. The molecule has 0 N–H and O–H groups in total. The molecule has 25 heteroatoms. The average molecular weight is 920 g/mol. The van der Waals surface area contributed by atoms with Crippen LogP contribution in [0.1, 0.15) is 27.6 Å². The van der Waals surface area contributed by atoms with Crippen LogP contribution < -0.4 is 26.4 Å². The molecule has 0 unspecified atom stereocenters. The van der Waals surface area contributed by atoms with Gasteiger partial charge in [-0.3, -0.25) is 14.6 Å². The third-order valence-electron chi connectivity index (χ3n) is 9.34. The molecular weight excluding hydrogens is 907 g/mol. The van der Waals surface area contributed by atoms with Gasteiger partial charge in [-0.05, 0) is 6.92 Å². The van der Waals surface area contributed by atoms with Gasteiger partial charge in [0.1, 0.15) is 52.7 Å². The molecule has 0 fully saturated rings. The molecule has 6 rings (SSSR count). The first-order valence-electron chi connectivity index (χ1n) is 16.5. The Hall–Kier alpha value is -6.82. The van der Waals surface area contributed by atoms with Crippen molar-refractivity contribution in [1.29, 1.82) is 0 Å². The quantitative estimate of drug-likeness (QED) is 0.0403. The smallest absolute Gasteiger partial charge is 0.227 e. The van der Waals surface area contributed by atoms with Crippen molar-refractivity contribution in [1.82, 2.24) is 4.98 Å². The first kappa shape index (κ1) is 47.2. The Kier molecular flexibility index (Phi) is 13.1. The zero-order valence-corrected chi connectivity index (χ0v) is 30.2. The molecule has 63 heavy (non-hydrogen) atoms. The van der Waals surface area contributed by atoms with Crippen LogP contribution in [0.5, 0.6) is 0 Å². The third-order valence-corrected chi connectivity index (χ3v) is 9.34. The summed E-state index contributed by atoms with van der Waals surface area (Å²) in [5, 5.41) is 0. The molecule has 330 valence electrons. The average Bonchev–Trinajstić information content (AvgIpc) is 3.26. The standard InChI is InChI=1S/C24BF20.C14H13N2O2/c26-5-1(6(27)14(35)21(42)13(5)34)25(2-7(28)15(36)22(43)16(37)8(2)29,3-9(30)17(38)23(44)18(39)10(3)31)4-11(32)19(40)24(45)20(41)12(4)33;1-11(17)12-2-4-13(5-3-12)14(18)10-16-8-6-15-7-9-16/h;2-9H,10H2,1H3/q-1;+1. The van der Waals surface area contributed by atoms with E-state index in [0.29, 0.717) is 11.1 Å². The zero-order chi connectivity index (χ0) is 47.3. The van der Waals surface area contributed by atoms with E-state index in [9.17, 15) is 62.3 Å². The monoisotopic (exact) mass is 920 g/mol. The van der Waals surface area contributed by atoms with Gasteiger partial charge in [-0.15, -0.1) is 21.9 Å². The summed E-state index contributed by atoms with van der Waals surface area (Å²) in [7, 11) is 0. The van der Waals surface area contributed by atoms with E-state index in [4.69, 9.17) is 0 Å². The van der Waals surface area contributed by atoms with Gasteiger partial charge in [-0.2, -0.15) is 4.57 Å². The number of halogens is 20. The number of hydrogen-bond acceptors (Lipinski definition) is 3. The van der Waals surface area contributed by atoms with Gasteiger partial charge in [0, 0.05) is 11.1 Å². The van der Waals surface area contributed by atoms with Gasteiger partial charge < -0.3 is 0 Å². The Morgan fingerprint density at radius 2 is 0.619 bits per heavy atom. The predicted molar refractivity (Wildman–Crippen MR) is 174 cm³/mol. The minimum Gasteiger partial charge on any atom is -0.295 e. The summed E-state index contributed by atoms with van der Waals surface area (Å²) in [5.74, 6) is -71.4. The molecule has 0 radical (unpaired) electrons. The highest BCUT2D eigenvalue weighted by Crippen LogP contribution is 2.30. The van der Waals surface area contributed by atoms with E-state index in [2.05, 4.69) is 4.98 Å². The van der Waals surface area contributed by atoms with Crippen LogP contribution in [0.4, 0.5) is 87.8 Å². The summed E-state index contributed by atoms with van der Waals surface area (Å²) in [5.41, 5.74) is -13.1. The third kappa shape index (κ3) is 7.61. The number of aromatic nitrogens is 2. The maximum atomic E-state index is 15.4. The van der Waals surface area contributed by atoms with E-state index in [1.165, 1.54) is 6.92 Å². The van der Waals surface area contributed by atoms with Gasteiger partial charge in [0.25, 0.3) is 0 Å². The molecule has 1 aromatic heterocycles. The molecule has 0 saturated carbocycles. The number of benzene rings is 5. The lowest BCUT2D eigenvalue weighted by atomic mass is 9.12. The Morgan fingerprint density at radius 3 is 0.857 bits per heavy atom. The highest BCUT2D eigenvalue weighted by atomic mass is 19.2. The molecule has 0 spiro atoms. The van der Waals surface area contributed by atoms with Crippen molar-refractivity contribution < 1.29 is 102 Å². The molecule has 0 atom stereocenters. The first-order valence-corrected chi connectivity index (χ1v) is 16.5. The number of ketones is 2. The van der Waals surface area contributed by atoms with Gasteiger partial charge in [-0.25, -0.2) is 87.8 Å². The van der Waals surface area contributed by atoms with Gasteiger partial charge in [0.15, 0.2) is 88.0 Å². The van der Waals surface area contributed by atoms with Crippen molar-refractivity contribution in [2.24, 2.45) is 0 Å². The summed E-state index contributed by atoms with van der Waals surface area (Å²) in [4.78, 5) is 27.0. The summed E-state index contributed by atoms with van der Waals surface area (Å²) in [6.07, 6.45) is -0.479. The minimum absolute atomic E-state index is 0.00121. The topological polar surface area (TPSA) is 50.9 Å². The second-order valence-corrected chi connectivity index (χ2v) is 12.8. The highest BCUT2D eigenvalue weighted by Gasteiger charge is 2.52. The van der Waals surface area contributed by atoms with Crippen LogP contribution in [0.25, 0.3) is 0 Å². The molecule has 0 amide bonds. The highest BCUT2D eigenvalue weighted by molar-refractivity contribution is 7.20. The molecule has 0 aliphatic carbocycles. The molecule has 0 saturated heterocycles. The lowest BCUT2D eigenvalue weighted by Gasteiger charge is -2.44. The van der Waals surface area contributed by atoms with E-state index in [-0.39, 0.29) is 18.1 Å². The normalized spacial score (nSPS) is 11.4. The fraction of sp³-hybridized carbons (Fsp3) is 0.0526. The first-order chi connectivity index (χ1) is 29.4. The van der Waals surface area contributed by atoms with Crippen molar-refractivity contribution in [2.45, 2.75) is 13.5 Å². The van der Waals surface area contributed by atoms with E-state index < -0.39 is 144 Å². The molecule has 6 aromatic rings. The molecule has 5 aromatic carbocycles. The van der Waals surface area contributed by atoms with E-state index >= 15 is 35.1 Å². The number of Topliss-reactive ketones (excluding diaryl/α,β-unsaturated/α-hetero) is 2. The summed E-state index contributed by atoms with van der Waals surface area (Å²) >= 11 is 0. The largest absolute Gasteiger partial charge is 0.295 e. The minimum atomic E-state index is -7.22. The number of rotatable bonds is 8. The van der Waals surface area contributed by atoms with Gasteiger partial charge >= 0.3 is 0 Å². The van der Waals surface area contributed by atoms with Crippen molar-refractivity contribution in [3.8, 4) is 0 Å². The van der Waals surface area contributed by atoms with Crippen molar-refractivity contribution >= 4 is 39.6 Å². The van der Waals surface area contributed by atoms with E-state index in [1.54, 1.807) is 53.6 Å². The van der Waals surface area contributed by atoms with Gasteiger partial charge in [0.05, 0.1) is 12.4 Å². The molecule has 0 aliphatic rings. The summed E-state index contributed by atoms with van der Waals surface area (Å²) in [6.45, 7) is 1.77. The van der Waals surface area contributed by atoms with Crippen LogP contribution in [0.2, 0.25) is 0 Å². The van der Waals surface area contributed by atoms with Crippen LogP contribution in [0.3, 0.4) is 0 Å².